The van der Waals surface area contributed by atoms with Crippen LogP contribution in [0.15, 0.2) is 126 Å². The molecule has 0 bridgehead atoms. The minimum absolute atomic E-state index is 0. The van der Waals surface area contributed by atoms with E-state index in [0.29, 0.717) is 0 Å². The van der Waals surface area contributed by atoms with Gasteiger partial charge in [-0.1, -0.05) is 132 Å². The van der Waals surface area contributed by atoms with Crippen molar-refractivity contribution in [2.75, 3.05) is 0 Å². The van der Waals surface area contributed by atoms with E-state index in [1.54, 1.807) is 0 Å². The van der Waals surface area contributed by atoms with Gasteiger partial charge in [0.2, 0.25) is 0 Å². The molecule has 3 heterocycles. The standard InChI is InChI=1S/C25H15N2O.C23H34NSi.Ir/c1-2-9-17(10-3-1)27-22-15-6-5-14-21(22)26-25(27)20-13-8-12-19-18-11-4-7-16-23(18)28-24(19)20;1-22(2,3)15-18-14-20(24-16-21(18)25(7,8)9)17-11-10-12-19(13-17)23(4,5)6;/h1-12,14-16H;10,12-14,16H,15H2,1-9H3;/q2*-1;/i;15D2;. The van der Waals surface area contributed by atoms with Crippen LogP contribution in [0.3, 0.4) is 0 Å². The first-order chi connectivity index (χ1) is 25.9. The predicted octanol–water partition coefficient (Wildman–Crippen LogP) is 12.4. The van der Waals surface area contributed by atoms with Crippen molar-refractivity contribution in [3.05, 3.63) is 145 Å². The Labute approximate surface area is 337 Å². The molecule has 54 heavy (non-hydrogen) atoms. The van der Waals surface area contributed by atoms with Crippen LogP contribution in [0, 0.1) is 17.5 Å². The van der Waals surface area contributed by atoms with Crippen molar-refractivity contribution in [1.82, 2.24) is 14.5 Å². The first kappa shape index (κ1) is 36.4. The molecule has 0 saturated heterocycles. The van der Waals surface area contributed by atoms with Crippen LogP contribution in [0.2, 0.25) is 19.6 Å². The zero-order valence-electron chi connectivity index (χ0n) is 34.6. The zero-order chi connectivity index (χ0) is 39.3. The molecule has 0 unspecified atom stereocenters. The second-order valence-corrected chi connectivity index (χ2v) is 21.8. The van der Waals surface area contributed by atoms with E-state index in [-0.39, 0.29) is 25.5 Å². The van der Waals surface area contributed by atoms with Crippen LogP contribution in [0.5, 0.6) is 0 Å². The Morgan fingerprint density at radius 3 is 2.19 bits per heavy atom. The van der Waals surface area contributed by atoms with E-state index in [4.69, 9.17) is 17.1 Å². The summed E-state index contributed by atoms with van der Waals surface area (Å²) in [5.74, 6) is 0.831. The molecule has 0 atom stereocenters. The monoisotopic (exact) mass is 906 g/mol. The zero-order valence-corrected chi connectivity index (χ0v) is 36.0. The van der Waals surface area contributed by atoms with Gasteiger partial charge in [-0.15, -0.1) is 53.6 Å². The van der Waals surface area contributed by atoms with E-state index in [0.717, 1.165) is 72.1 Å². The maximum atomic E-state index is 8.89. The Hall–Kier alpha value is -4.61. The van der Waals surface area contributed by atoms with Gasteiger partial charge in [0.1, 0.15) is 5.58 Å². The van der Waals surface area contributed by atoms with Crippen molar-refractivity contribution < 1.29 is 27.3 Å². The largest absolute Gasteiger partial charge is 0.501 e. The maximum absolute atomic E-state index is 8.89. The summed E-state index contributed by atoms with van der Waals surface area (Å²) in [4.78, 5) is 9.68. The Morgan fingerprint density at radius 2 is 1.46 bits per heavy atom. The molecular weight excluding hydrogens is 855 g/mol. The van der Waals surface area contributed by atoms with Crippen LogP contribution in [0.1, 0.15) is 55.4 Å². The summed E-state index contributed by atoms with van der Waals surface area (Å²) in [7, 11) is -1.74. The molecule has 0 aliphatic rings. The summed E-state index contributed by atoms with van der Waals surface area (Å²) in [6.07, 6.45) is 0.472. The number of hydrogen-bond donors (Lipinski definition) is 0. The fraction of sp³-hybridized carbons (Fsp3) is 0.250. The summed E-state index contributed by atoms with van der Waals surface area (Å²) >= 11 is 0. The minimum Gasteiger partial charge on any atom is -0.501 e. The van der Waals surface area contributed by atoms with Gasteiger partial charge in [0.05, 0.1) is 30.5 Å². The third-order valence-electron chi connectivity index (χ3n) is 9.30. The molecule has 0 spiro atoms. The van der Waals surface area contributed by atoms with Crippen LogP contribution in [0.25, 0.3) is 61.3 Å². The molecule has 8 rings (SSSR count). The molecule has 4 nitrogen and oxygen atoms in total. The minimum atomic E-state index is -1.74. The van der Waals surface area contributed by atoms with Crippen LogP contribution >= 0.6 is 0 Å². The van der Waals surface area contributed by atoms with Gasteiger partial charge in [-0.05, 0) is 58.4 Å². The summed E-state index contributed by atoms with van der Waals surface area (Å²) in [5, 5.41) is 3.28. The maximum Gasteiger partial charge on any atom is 0.120 e. The van der Waals surface area contributed by atoms with E-state index in [2.05, 4.69) is 99.6 Å². The van der Waals surface area contributed by atoms with Gasteiger partial charge < -0.3 is 14.0 Å². The van der Waals surface area contributed by atoms with E-state index in [9.17, 15) is 0 Å². The molecule has 0 fully saturated rings. The molecule has 3 aromatic heterocycles. The molecule has 8 aromatic rings. The van der Waals surface area contributed by atoms with Crippen molar-refractivity contribution in [2.24, 2.45) is 5.41 Å². The number of para-hydroxylation sites is 4. The van der Waals surface area contributed by atoms with Crippen molar-refractivity contribution in [1.29, 1.82) is 0 Å². The van der Waals surface area contributed by atoms with E-state index >= 15 is 0 Å². The Bertz CT molecular complexity index is 2640. The number of aromatic nitrogens is 3. The van der Waals surface area contributed by atoms with E-state index in [1.165, 1.54) is 5.56 Å². The normalized spacial score (nSPS) is 12.9. The van der Waals surface area contributed by atoms with Crippen molar-refractivity contribution in [3.8, 4) is 28.3 Å². The van der Waals surface area contributed by atoms with Gasteiger partial charge in [-0.3, -0.25) is 4.98 Å². The van der Waals surface area contributed by atoms with Gasteiger partial charge in [-0.2, -0.15) is 0 Å². The molecular formula is C48H49IrN3OSi-2. The average molecular weight is 906 g/mol. The van der Waals surface area contributed by atoms with Crippen LogP contribution in [-0.4, -0.2) is 22.6 Å². The summed E-state index contributed by atoms with van der Waals surface area (Å²) < 4.78 is 26.2. The summed E-state index contributed by atoms with van der Waals surface area (Å²) in [5.41, 5.74) is 8.91. The Balaban J connectivity index is 0.000000187. The quantitative estimate of drug-likeness (QED) is 0.128. The van der Waals surface area contributed by atoms with Gasteiger partial charge in [0.15, 0.2) is 0 Å². The number of furan rings is 1. The number of fused-ring (bicyclic) bond motifs is 4. The molecule has 0 aliphatic carbocycles. The molecule has 0 amide bonds. The smallest absolute Gasteiger partial charge is 0.120 e. The summed E-state index contributed by atoms with van der Waals surface area (Å²) in [6, 6.07) is 45.4. The molecule has 6 heteroatoms. The fourth-order valence-corrected chi connectivity index (χ4v) is 8.07. The average Bonchev–Trinajstić information content (AvgIpc) is 3.73. The first-order valence-electron chi connectivity index (χ1n) is 19.3. The Kier molecular flexibility index (Phi) is 10.3. The SMILES string of the molecule is [2H]C([2H])(c1cc(-c2[c-]ccc(C(C)(C)C)c2)ncc1[Si](C)(C)C)C(C)(C)C.[Ir].[c-]1ccc2c(oc3ccccc32)c1-c1nc2ccccc2n1-c1ccccc1. The molecule has 0 aliphatic heterocycles. The van der Waals surface area contributed by atoms with Gasteiger partial charge in [-0.25, -0.2) is 0 Å². The molecule has 5 aromatic carbocycles. The second kappa shape index (κ2) is 15.3. The fourth-order valence-electron chi connectivity index (χ4n) is 6.68. The number of pyridine rings is 1. The van der Waals surface area contributed by atoms with Gasteiger partial charge in [0, 0.05) is 40.1 Å². The molecule has 277 valence electrons. The van der Waals surface area contributed by atoms with E-state index < -0.39 is 19.9 Å². The van der Waals surface area contributed by atoms with E-state index in [1.807, 2.05) is 99.8 Å². The van der Waals surface area contributed by atoms with Crippen LogP contribution in [-0.2, 0) is 31.9 Å². The van der Waals surface area contributed by atoms with Crippen molar-refractivity contribution >= 4 is 46.2 Å². The van der Waals surface area contributed by atoms with Crippen molar-refractivity contribution in [3.63, 3.8) is 0 Å². The third kappa shape index (κ3) is 8.22. The number of imidazole rings is 1. The number of rotatable bonds is 5. The predicted molar refractivity (Wildman–Crippen MR) is 226 cm³/mol. The van der Waals surface area contributed by atoms with Gasteiger partial charge in [0.25, 0.3) is 0 Å². The number of hydrogen-bond acceptors (Lipinski definition) is 3. The number of nitrogens with zero attached hydrogens (tertiary/aromatic N) is 3. The summed E-state index contributed by atoms with van der Waals surface area (Å²) in [6.45, 7) is 19.2. The van der Waals surface area contributed by atoms with Crippen molar-refractivity contribution in [2.45, 2.75) is 73.0 Å². The topological polar surface area (TPSA) is 43.9 Å². The molecule has 0 N–H and O–H groups in total. The first-order valence-corrected chi connectivity index (χ1v) is 21.8. The molecule has 1 radical (unpaired) electrons. The second-order valence-electron chi connectivity index (χ2n) is 16.8. The van der Waals surface area contributed by atoms with Crippen LogP contribution in [0.4, 0.5) is 0 Å². The Morgan fingerprint density at radius 1 is 0.778 bits per heavy atom. The third-order valence-corrected chi connectivity index (χ3v) is 11.3. The van der Waals surface area contributed by atoms with Crippen LogP contribution < -0.4 is 5.19 Å². The molecule has 0 saturated carbocycles. The van der Waals surface area contributed by atoms with Gasteiger partial charge >= 0.3 is 0 Å². The number of benzene rings is 5.